The van der Waals surface area contributed by atoms with Crippen LogP contribution in [0.3, 0.4) is 0 Å². The van der Waals surface area contributed by atoms with Crippen molar-refractivity contribution in [1.29, 1.82) is 0 Å². The Kier molecular flexibility index (Phi) is 1.76. The van der Waals surface area contributed by atoms with Gasteiger partial charge in [-0.15, -0.1) is 0 Å². The Morgan fingerprint density at radius 3 is 2.62 bits per heavy atom. The summed E-state index contributed by atoms with van der Waals surface area (Å²) in [5.74, 6) is 0. The molecule has 1 aromatic rings. The smallest absolute Gasteiger partial charge is 0.0593 e. The quantitative estimate of drug-likeness (QED) is 0.798. The van der Waals surface area contributed by atoms with E-state index < -0.39 is 0 Å². The van der Waals surface area contributed by atoms with Gasteiger partial charge in [-0.2, -0.15) is 0 Å². The molecule has 0 amide bonds. The summed E-state index contributed by atoms with van der Waals surface area (Å²) in [7, 11) is 2.03. The minimum atomic E-state index is 0.295. The number of aromatic nitrogens is 1. The Balaban J connectivity index is 1.69. The summed E-state index contributed by atoms with van der Waals surface area (Å²) >= 11 is 0. The number of nitrogens with zero attached hydrogens (tertiary/aromatic N) is 1. The van der Waals surface area contributed by atoms with Gasteiger partial charge >= 0.3 is 0 Å². The van der Waals surface area contributed by atoms with Crippen molar-refractivity contribution >= 4 is 5.70 Å². The van der Waals surface area contributed by atoms with E-state index in [1.807, 2.05) is 26.2 Å². The van der Waals surface area contributed by atoms with Crippen molar-refractivity contribution < 1.29 is 0 Å². The third-order valence-electron chi connectivity index (χ3n) is 4.00. The van der Waals surface area contributed by atoms with Crippen LogP contribution < -0.4 is 10.6 Å². The molecular weight excluding hydrogens is 198 g/mol. The molecule has 2 N–H and O–H groups in total. The van der Waals surface area contributed by atoms with E-state index in [9.17, 15) is 0 Å². The lowest BCUT2D eigenvalue weighted by atomic mass is 10.2. The number of hydrogen-bond donors (Lipinski definition) is 2. The normalized spacial score (nSPS) is 34.1. The van der Waals surface area contributed by atoms with Gasteiger partial charge in [-0.25, -0.2) is 0 Å². The van der Waals surface area contributed by atoms with Gasteiger partial charge < -0.3 is 10.6 Å². The van der Waals surface area contributed by atoms with Gasteiger partial charge in [-0.05, 0) is 38.9 Å². The second kappa shape index (κ2) is 2.86. The Morgan fingerprint density at radius 1 is 1.38 bits per heavy atom. The Bertz CT molecular complexity index is 441. The molecule has 0 atom stereocenters. The first-order valence-electron chi connectivity index (χ1n) is 5.70. The first-order chi connectivity index (χ1) is 7.61. The molecule has 16 heavy (non-hydrogen) atoms. The van der Waals surface area contributed by atoms with Gasteiger partial charge in [0.2, 0.25) is 0 Å². The summed E-state index contributed by atoms with van der Waals surface area (Å²) in [4.78, 5) is 4.29. The number of fused-ring (bicyclic) bond motifs is 1. The largest absolute Gasteiger partial charge is 0.378 e. The number of pyridine rings is 1. The number of nitrogens with one attached hydrogen (secondary N) is 2. The van der Waals surface area contributed by atoms with Gasteiger partial charge in [0.25, 0.3) is 0 Å². The summed E-state index contributed by atoms with van der Waals surface area (Å²) in [6, 6.07) is 4.09. The van der Waals surface area contributed by atoms with Crippen LogP contribution in [0.5, 0.6) is 0 Å². The van der Waals surface area contributed by atoms with Crippen LogP contribution in [0.15, 0.2) is 24.9 Å². The van der Waals surface area contributed by atoms with E-state index in [-0.39, 0.29) is 0 Å². The van der Waals surface area contributed by atoms with Crippen molar-refractivity contribution in [2.45, 2.75) is 30.8 Å². The van der Waals surface area contributed by atoms with Crippen LogP contribution in [0.2, 0.25) is 0 Å². The Hall–Kier alpha value is -1.35. The number of aryl methyl sites for hydroxylation is 1. The lowest BCUT2D eigenvalue weighted by Crippen LogP contribution is -2.23. The van der Waals surface area contributed by atoms with Crippen LogP contribution in [0.4, 0.5) is 0 Å². The number of likely N-dealkylation sites (N-methyl/N-ethyl adjacent to an activating group) is 1. The lowest BCUT2D eigenvalue weighted by Gasteiger charge is -2.11. The molecule has 0 unspecified atom stereocenters. The molecular formula is C13H17N3. The summed E-state index contributed by atoms with van der Waals surface area (Å²) < 4.78 is 0. The molecule has 2 aliphatic rings. The monoisotopic (exact) mass is 215 g/mol. The molecule has 2 fully saturated rings. The number of rotatable bonds is 4. The van der Waals surface area contributed by atoms with Gasteiger partial charge in [0.15, 0.2) is 0 Å². The summed E-state index contributed by atoms with van der Waals surface area (Å²) in [6.07, 6.45) is 4.32. The van der Waals surface area contributed by atoms with E-state index in [1.165, 1.54) is 12.8 Å². The molecule has 0 spiro atoms. The van der Waals surface area contributed by atoms with Crippen molar-refractivity contribution in [3.63, 3.8) is 0 Å². The summed E-state index contributed by atoms with van der Waals surface area (Å²) in [5, 5.41) is 6.91. The maximum absolute atomic E-state index is 4.29. The topological polar surface area (TPSA) is 37.0 Å². The van der Waals surface area contributed by atoms with Crippen molar-refractivity contribution in [1.82, 2.24) is 15.6 Å². The lowest BCUT2D eigenvalue weighted by molar-refractivity contribution is 0.653. The van der Waals surface area contributed by atoms with Crippen molar-refractivity contribution in [3.05, 3.63) is 36.2 Å². The fourth-order valence-corrected chi connectivity index (χ4v) is 2.52. The third kappa shape index (κ3) is 1.21. The van der Waals surface area contributed by atoms with Gasteiger partial charge in [-0.1, -0.05) is 6.58 Å². The second-order valence-electron chi connectivity index (χ2n) is 5.06. The van der Waals surface area contributed by atoms with E-state index in [0.717, 1.165) is 17.0 Å². The standard InChI is InChI=1S/C13H17N3/c1-9-4-5-11(6-15-9)10(2)16-13-7-12(13,8-13)14-3/h4-6,14,16H,2,7-8H2,1,3H3. The van der Waals surface area contributed by atoms with E-state index >= 15 is 0 Å². The van der Waals surface area contributed by atoms with Crippen LogP contribution in [0.1, 0.15) is 24.1 Å². The van der Waals surface area contributed by atoms with Crippen LogP contribution in [-0.2, 0) is 0 Å². The maximum Gasteiger partial charge on any atom is 0.0593 e. The molecule has 0 saturated heterocycles. The molecule has 1 heterocycles. The SMILES string of the molecule is C=C(NC12CC1(NC)C2)c1ccc(C)nc1. The van der Waals surface area contributed by atoms with Crippen molar-refractivity contribution in [2.24, 2.45) is 0 Å². The van der Waals surface area contributed by atoms with Gasteiger partial charge in [0.1, 0.15) is 0 Å². The Labute approximate surface area is 96.0 Å². The molecule has 3 rings (SSSR count). The fraction of sp³-hybridized carbons (Fsp3) is 0.462. The van der Waals surface area contributed by atoms with Gasteiger partial charge in [0, 0.05) is 28.7 Å². The molecule has 0 aromatic carbocycles. The van der Waals surface area contributed by atoms with E-state index in [1.54, 1.807) is 0 Å². The highest BCUT2D eigenvalue weighted by atomic mass is 15.3. The van der Waals surface area contributed by atoms with Crippen LogP contribution in [0, 0.1) is 6.92 Å². The molecule has 0 aliphatic heterocycles. The maximum atomic E-state index is 4.29. The van der Waals surface area contributed by atoms with Gasteiger partial charge in [-0.3, -0.25) is 4.98 Å². The molecule has 0 radical (unpaired) electrons. The van der Waals surface area contributed by atoms with Crippen molar-refractivity contribution in [2.75, 3.05) is 7.05 Å². The predicted octanol–water partition coefficient (Wildman–Crippen LogP) is 1.45. The van der Waals surface area contributed by atoms with E-state index in [2.05, 4.69) is 28.3 Å². The predicted molar refractivity (Wildman–Crippen MR) is 64.9 cm³/mol. The molecule has 84 valence electrons. The fourth-order valence-electron chi connectivity index (χ4n) is 2.52. The average Bonchev–Trinajstić information content (AvgIpc) is 3.04. The molecule has 3 heteroatoms. The van der Waals surface area contributed by atoms with Crippen LogP contribution in [-0.4, -0.2) is 23.1 Å². The number of hydrogen-bond acceptors (Lipinski definition) is 3. The highest BCUT2D eigenvalue weighted by Gasteiger charge is 2.83. The zero-order valence-electron chi connectivity index (χ0n) is 9.80. The average molecular weight is 215 g/mol. The molecule has 2 aliphatic carbocycles. The van der Waals surface area contributed by atoms with E-state index in [0.29, 0.717) is 11.1 Å². The first kappa shape index (κ1) is 9.85. The third-order valence-corrected chi connectivity index (χ3v) is 4.00. The zero-order chi connectivity index (χ0) is 11.4. The molecule has 2 saturated carbocycles. The van der Waals surface area contributed by atoms with Crippen molar-refractivity contribution in [3.8, 4) is 0 Å². The van der Waals surface area contributed by atoms with Crippen LogP contribution >= 0.6 is 0 Å². The summed E-state index contributed by atoms with van der Waals surface area (Å²) in [6.45, 7) is 6.09. The Morgan fingerprint density at radius 2 is 2.12 bits per heavy atom. The van der Waals surface area contributed by atoms with Crippen LogP contribution in [0.25, 0.3) is 5.70 Å². The molecule has 3 nitrogen and oxygen atoms in total. The minimum absolute atomic E-state index is 0.295. The molecule has 0 bridgehead atoms. The van der Waals surface area contributed by atoms with E-state index in [4.69, 9.17) is 0 Å². The van der Waals surface area contributed by atoms with Gasteiger partial charge in [0.05, 0.1) is 5.54 Å². The highest BCUT2D eigenvalue weighted by Crippen LogP contribution is 2.70. The molecule has 1 aromatic heterocycles. The second-order valence-corrected chi connectivity index (χ2v) is 5.06. The first-order valence-corrected chi connectivity index (χ1v) is 5.70. The summed E-state index contributed by atoms with van der Waals surface area (Å²) in [5.41, 5.74) is 3.78. The highest BCUT2D eigenvalue weighted by molar-refractivity contribution is 5.65. The minimum Gasteiger partial charge on any atom is -0.378 e. The zero-order valence-corrected chi connectivity index (χ0v) is 9.80.